The molecule has 6 saturated carbocycles. The number of ether oxygens (including phenoxy) is 2. The minimum Gasteiger partial charge on any atom is -0.691 e. The highest BCUT2D eigenvalue weighted by atomic mass is 32.2. The number of hydrogen-bond donors (Lipinski definition) is 0. The van der Waals surface area contributed by atoms with Gasteiger partial charge in [0, 0.05) is 5.41 Å². The van der Waals surface area contributed by atoms with Gasteiger partial charge in [0.1, 0.15) is 17.6 Å². The van der Waals surface area contributed by atoms with Crippen molar-refractivity contribution in [1.82, 2.24) is 0 Å². The average Bonchev–Trinajstić information content (AvgIpc) is 2.79. The molecule has 0 heterocycles. The quantitative estimate of drug-likeness (QED) is 0.207. The van der Waals surface area contributed by atoms with E-state index in [2.05, 4.69) is 9.37 Å². The number of halogens is 2. The van der Waals surface area contributed by atoms with Crippen LogP contribution in [0.4, 0.5) is 8.78 Å². The van der Waals surface area contributed by atoms with Gasteiger partial charge >= 0.3 is 17.2 Å². The zero-order chi connectivity index (χ0) is 24.0. The van der Waals surface area contributed by atoms with Crippen LogP contribution in [-0.4, -0.2) is 29.4 Å². The van der Waals surface area contributed by atoms with Crippen LogP contribution in [0.25, 0.3) is 0 Å². The number of fused-ring (bicyclic) bond motifs is 1. The first kappa shape index (κ1) is 24.7. The molecule has 0 aliphatic heterocycles. The molecule has 4 bridgehead atoms. The molecule has 6 rings (SSSR count). The summed E-state index contributed by atoms with van der Waals surface area (Å²) in [6, 6.07) is 0. The Bertz CT molecular complexity index is 779. The van der Waals surface area contributed by atoms with Crippen LogP contribution in [-0.2, 0) is 28.4 Å². The lowest BCUT2D eigenvalue weighted by molar-refractivity contribution is -0.777. The summed E-state index contributed by atoms with van der Waals surface area (Å²) >= 11 is -0.677. The summed E-state index contributed by atoms with van der Waals surface area (Å²) in [4.78, 5) is 25.2. The zero-order valence-corrected chi connectivity index (χ0v) is 20.1. The minimum absolute atomic E-state index is 0.0416. The molecule has 5 unspecified atom stereocenters. The second-order valence-corrected chi connectivity index (χ2v) is 12.5. The second kappa shape index (κ2) is 9.48. The number of rotatable bonds is 8. The second-order valence-electron chi connectivity index (χ2n) is 11.7. The van der Waals surface area contributed by atoms with E-state index < -0.39 is 34.3 Å². The molecule has 0 spiro atoms. The third-order valence-corrected chi connectivity index (χ3v) is 9.73. The lowest BCUT2D eigenvalue weighted by atomic mass is 9.48. The topological polar surface area (TPSA) is 94.1 Å². The van der Waals surface area contributed by atoms with E-state index in [1.807, 2.05) is 0 Å². The fourth-order valence-corrected chi connectivity index (χ4v) is 8.67. The van der Waals surface area contributed by atoms with Gasteiger partial charge < -0.3 is 14.7 Å². The van der Waals surface area contributed by atoms with Crippen LogP contribution in [0.3, 0.4) is 0 Å². The Labute approximate surface area is 202 Å². The molecule has 0 aromatic rings. The van der Waals surface area contributed by atoms with Crippen molar-refractivity contribution in [2.75, 3.05) is 6.61 Å². The molecule has 7 nitrogen and oxygen atoms in total. The van der Waals surface area contributed by atoms with Crippen LogP contribution in [0.5, 0.6) is 0 Å². The average molecular weight is 504 g/mol. The fraction of sp³-hybridized carbons (Fsp3) is 0.917. The first-order valence-electron chi connectivity index (χ1n) is 12.6. The smallest absolute Gasteiger partial charge is 0.415 e. The zero-order valence-electron chi connectivity index (χ0n) is 19.3. The maximum absolute atomic E-state index is 13.8. The Hall–Kier alpha value is -0.970. The molecule has 192 valence electrons. The van der Waals surface area contributed by atoms with Crippen molar-refractivity contribution in [3.05, 3.63) is 0 Å². The summed E-state index contributed by atoms with van der Waals surface area (Å²) in [5.74, 6) is 0.189. The maximum Gasteiger partial charge on any atom is 0.415 e. The van der Waals surface area contributed by atoms with Crippen LogP contribution < -0.4 is 5.26 Å². The van der Waals surface area contributed by atoms with Gasteiger partial charge in [-0.25, -0.2) is 4.79 Å². The highest BCUT2D eigenvalue weighted by Gasteiger charge is 2.60. The lowest BCUT2D eigenvalue weighted by Gasteiger charge is -2.61. The monoisotopic (exact) mass is 503 g/mol. The van der Waals surface area contributed by atoms with Crippen LogP contribution in [0.1, 0.15) is 83.5 Å². The predicted octanol–water partition coefficient (Wildman–Crippen LogP) is 4.48. The van der Waals surface area contributed by atoms with Crippen LogP contribution >= 0.6 is 12.0 Å². The molecule has 6 aliphatic carbocycles. The Morgan fingerprint density at radius 2 is 1.68 bits per heavy atom. The molecule has 0 aromatic carbocycles. The maximum atomic E-state index is 13.8. The van der Waals surface area contributed by atoms with Gasteiger partial charge in [0.25, 0.3) is 0 Å². The van der Waals surface area contributed by atoms with Gasteiger partial charge in [-0.05, 0) is 81.5 Å². The molecule has 10 heteroatoms. The molecule has 0 amide bonds. The van der Waals surface area contributed by atoms with E-state index >= 15 is 0 Å². The van der Waals surface area contributed by atoms with Gasteiger partial charge in [-0.1, -0.05) is 25.7 Å². The van der Waals surface area contributed by atoms with E-state index in [0.717, 1.165) is 57.3 Å². The van der Waals surface area contributed by atoms with Gasteiger partial charge in [0.2, 0.25) is 0 Å². The summed E-state index contributed by atoms with van der Waals surface area (Å²) in [7, 11) is 0. The molecule has 5 atom stereocenters. The van der Waals surface area contributed by atoms with Gasteiger partial charge in [-0.15, -0.1) is 0 Å². The molecule has 34 heavy (non-hydrogen) atoms. The van der Waals surface area contributed by atoms with Crippen molar-refractivity contribution in [2.24, 2.45) is 35.0 Å². The number of esters is 2. The summed E-state index contributed by atoms with van der Waals surface area (Å²) in [5.41, 5.74) is -1.04. The number of hydrogen-bond acceptors (Lipinski definition) is 8. The van der Waals surface area contributed by atoms with Crippen LogP contribution in [0, 0.1) is 35.0 Å². The predicted molar refractivity (Wildman–Crippen MR) is 114 cm³/mol. The van der Waals surface area contributed by atoms with Crippen molar-refractivity contribution in [3.8, 4) is 0 Å². The molecule has 6 fully saturated rings. The molecule has 0 aromatic heterocycles. The minimum atomic E-state index is -4.05. The Balaban J connectivity index is 1.22. The summed E-state index contributed by atoms with van der Waals surface area (Å²) in [6.07, 6.45) is 12.8. The molecular weight excluding hydrogens is 470 g/mol. The Morgan fingerprint density at radius 3 is 2.38 bits per heavy atom. The normalized spacial score (nSPS) is 41.1. The first-order valence-corrected chi connectivity index (χ1v) is 13.4. The highest BCUT2D eigenvalue weighted by molar-refractivity contribution is 7.96. The number of carbonyl (C=O) groups excluding carboxylic acids is 2. The number of carbonyl (C=O) groups is 2. The standard InChI is InChI=1S/C24H34F2O7S/c25-24(26,34-33-32-29)21(28)30-14-22-9-15-7-16(10-22)12-23(11-15,13-22)31-20(27)19-6-5-17-3-1-2-4-18(17)8-19/h15-19,29H,1-14H2/p-1. The number of alkyl halides is 2. The molecule has 0 saturated heterocycles. The first-order chi connectivity index (χ1) is 16.2. The van der Waals surface area contributed by atoms with Crippen molar-refractivity contribution in [3.63, 3.8) is 0 Å². The van der Waals surface area contributed by atoms with E-state index in [1.165, 1.54) is 25.7 Å². The van der Waals surface area contributed by atoms with Crippen LogP contribution in [0.2, 0.25) is 0 Å². The van der Waals surface area contributed by atoms with Gasteiger partial charge in [0.05, 0.1) is 12.5 Å². The molecule has 6 aliphatic rings. The van der Waals surface area contributed by atoms with Crippen molar-refractivity contribution in [1.29, 1.82) is 0 Å². The fourth-order valence-electron chi connectivity index (χ4n) is 8.43. The summed E-state index contributed by atoms with van der Waals surface area (Å²) in [6.45, 7) is -0.153. The van der Waals surface area contributed by atoms with E-state index in [1.54, 1.807) is 0 Å². The van der Waals surface area contributed by atoms with Gasteiger partial charge in [0.15, 0.2) is 0 Å². The van der Waals surface area contributed by atoms with Gasteiger partial charge in [-0.3, -0.25) is 9.83 Å². The third-order valence-electron chi connectivity index (χ3n) is 9.23. The van der Waals surface area contributed by atoms with E-state index in [4.69, 9.17) is 9.47 Å². The SMILES string of the molecule is O=C(OC12CC3CC(CC(COC(=O)C(F)(F)SOO[O-])(C3)C1)C2)C1CCC2CCCCC2C1. The van der Waals surface area contributed by atoms with E-state index in [9.17, 15) is 23.6 Å². The van der Waals surface area contributed by atoms with Crippen molar-refractivity contribution >= 4 is 24.0 Å². The van der Waals surface area contributed by atoms with Gasteiger partial charge in [-0.2, -0.15) is 13.1 Å². The highest BCUT2D eigenvalue weighted by Crippen LogP contribution is 2.63. The lowest BCUT2D eigenvalue weighted by Crippen LogP contribution is -2.59. The largest absolute Gasteiger partial charge is 0.691 e. The summed E-state index contributed by atoms with van der Waals surface area (Å²) in [5, 5.41) is 8.69. The van der Waals surface area contributed by atoms with E-state index in [0.29, 0.717) is 24.2 Å². The van der Waals surface area contributed by atoms with E-state index in [-0.39, 0.29) is 18.5 Å². The Morgan fingerprint density at radius 1 is 0.971 bits per heavy atom. The Kier molecular flexibility index (Phi) is 6.89. The molecule has 0 N–H and O–H groups in total. The third kappa shape index (κ3) is 4.97. The van der Waals surface area contributed by atoms with Crippen molar-refractivity contribution < 1.29 is 42.5 Å². The van der Waals surface area contributed by atoms with Crippen LogP contribution in [0.15, 0.2) is 0 Å². The molecular formula is C24H33F2O7S-. The van der Waals surface area contributed by atoms with Crippen molar-refractivity contribution in [2.45, 2.75) is 94.3 Å². The molecule has 0 radical (unpaired) electrons. The summed E-state index contributed by atoms with van der Waals surface area (Å²) < 4.78 is 42.6.